The Balaban J connectivity index is 1.62. The summed E-state index contributed by atoms with van der Waals surface area (Å²) in [5.41, 5.74) is 3.40. The Labute approximate surface area is 179 Å². The average Bonchev–Trinajstić information content (AvgIpc) is 3.08. The van der Waals surface area contributed by atoms with Crippen LogP contribution in [0.4, 0.5) is 10.1 Å². The third kappa shape index (κ3) is 4.23. The van der Waals surface area contributed by atoms with Crippen LogP contribution in [0.1, 0.15) is 29.3 Å². The third-order valence-corrected chi connectivity index (χ3v) is 5.41. The summed E-state index contributed by atoms with van der Waals surface area (Å²) in [4.78, 5) is 29.5. The number of benzene rings is 2. The standard InChI is InChI=1S/C23H22FN5O2/c1-13-4-5-16(22-26-14(2)29(3)28-22)10-20(13)27-23(31)19-12-25-21(30)11-18(19)15-6-8-17(24)9-7-15/h4-10,12,18H,11H2,1-3H3,(H,25,30)(H,27,31). The van der Waals surface area contributed by atoms with E-state index in [9.17, 15) is 14.0 Å². The van der Waals surface area contributed by atoms with Gasteiger partial charge in [0.25, 0.3) is 5.91 Å². The van der Waals surface area contributed by atoms with Gasteiger partial charge in [0.15, 0.2) is 5.82 Å². The maximum Gasteiger partial charge on any atom is 0.253 e. The maximum absolute atomic E-state index is 13.3. The lowest BCUT2D eigenvalue weighted by molar-refractivity contribution is -0.121. The molecular weight excluding hydrogens is 397 g/mol. The number of halogens is 1. The average molecular weight is 419 g/mol. The van der Waals surface area contributed by atoms with Crippen LogP contribution < -0.4 is 10.6 Å². The van der Waals surface area contributed by atoms with Crippen molar-refractivity contribution in [1.29, 1.82) is 0 Å². The van der Waals surface area contributed by atoms with Gasteiger partial charge in [0.1, 0.15) is 11.6 Å². The fraction of sp³-hybridized carbons (Fsp3) is 0.217. The van der Waals surface area contributed by atoms with Crippen LogP contribution in [0.25, 0.3) is 11.4 Å². The highest BCUT2D eigenvalue weighted by molar-refractivity contribution is 6.07. The number of aryl methyl sites for hydroxylation is 3. The van der Waals surface area contributed by atoms with Gasteiger partial charge in [-0.15, -0.1) is 0 Å². The molecule has 0 bridgehead atoms. The Kier molecular flexibility index (Phi) is 5.37. The van der Waals surface area contributed by atoms with Crippen LogP contribution in [-0.4, -0.2) is 26.6 Å². The fourth-order valence-corrected chi connectivity index (χ4v) is 3.50. The molecule has 0 aliphatic carbocycles. The molecule has 31 heavy (non-hydrogen) atoms. The number of rotatable bonds is 4. The molecule has 2 N–H and O–H groups in total. The monoisotopic (exact) mass is 419 g/mol. The molecule has 0 saturated carbocycles. The molecule has 8 heteroatoms. The maximum atomic E-state index is 13.3. The van der Waals surface area contributed by atoms with Crippen molar-refractivity contribution in [2.24, 2.45) is 7.05 Å². The molecule has 4 rings (SSSR count). The number of anilines is 1. The number of carbonyl (C=O) groups is 2. The molecule has 158 valence electrons. The second kappa shape index (κ2) is 8.14. The number of aromatic nitrogens is 3. The Hall–Kier alpha value is -3.81. The molecule has 1 aliphatic rings. The first-order valence-electron chi connectivity index (χ1n) is 9.86. The zero-order valence-corrected chi connectivity index (χ0v) is 17.4. The Morgan fingerprint density at radius 3 is 2.61 bits per heavy atom. The minimum Gasteiger partial charge on any atom is -0.332 e. The van der Waals surface area contributed by atoms with Gasteiger partial charge in [-0.05, 0) is 43.2 Å². The molecule has 2 amide bonds. The Morgan fingerprint density at radius 2 is 1.94 bits per heavy atom. The number of hydrogen-bond acceptors (Lipinski definition) is 4. The SMILES string of the molecule is Cc1ccc(-c2nc(C)n(C)n2)cc1NC(=O)C1=CNC(=O)CC1c1ccc(F)cc1. The van der Waals surface area contributed by atoms with Crippen LogP contribution in [0, 0.1) is 19.7 Å². The van der Waals surface area contributed by atoms with Crippen molar-refractivity contribution >= 4 is 17.5 Å². The number of carbonyl (C=O) groups excluding carboxylic acids is 2. The highest BCUT2D eigenvalue weighted by Gasteiger charge is 2.29. The molecule has 2 aromatic carbocycles. The van der Waals surface area contributed by atoms with Crippen LogP contribution >= 0.6 is 0 Å². The van der Waals surface area contributed by atoms with Crippen molar-refractivity contribution in [2.45, 2.75) is 26.2 Å². The lowest BCUT2D eigenvalue weighted by Gasteiger charge is -2.24. The molecule has 0 saturated heterocycles. The lowest BCUT2D eigenvalue weighted by atomic mass is 9.86. The third-order valence-electron chi connectivity index (χ3n) is 5.41. The highest BCUT2D eigenvalue weighted by atomic mass is 19.1. The van der Waals surface area contributed by atoms with E-state index in [1.54, 1.807) is 16.8 Å². The van der Waals surface area contributed by atoms with Crippen LogP contribution in [0.3, 0.4) is 0 Å². The zero-order chi connectivity index (χ0) is 22.1. The van der Waals surface area contributed by atoms with Crippen molar-refractivity contribution in [3.05, 3.63) is 77.0 Å². The zero-order valence-electron chi connectivity index (χ0n) is 17.4. The predicted molar refractivity (Wildman–Crippen MR) is 115 cm³/mol. The van der Waals surface area contributed by atoms with Gasteiger partial charge in [-0.1, -0.05) is 24.3 Å². The Morgan fingerprint density at radius 1 is 1.19 bits per heavy atom. The molecule has 1 aromatic heterocycles. The highest BCUT2D eigenvalue weighted by Crippen LogP contribution is 2.32. The van der Waals surface area contributed by atoms with Gasteiger partial charge < -0.3 is 10.6 Å². The smallest absolute Gasteiger partial charge is 0.253 e. The molecule has 1 aliphatic heterocycles. The van der Waals surface area contributed by atoms with Gasteiger partial charge in [-0.25, -0.2) is 9.37 Å². The van der Waals surface area contributed by atoms with Crippen LogP contribution in [0.5, 0.6) is 0 Å². The summed E-state index contributed by atoms with van der Waals surface area (Å²) < 4.78 is 15.0. The first-order valence-corrected chi connectivity index (χ1v) is 9.86. The van der Waals surface area contributed by atoms with Crippen molar-refractivity contribution < 1.29 is 14.0 Å². The van der Waals surface area contributed by atoms with E-state index in [2.05, 4.69) is 20.7 Å². The number of hydrogen-bond donors (Lipinski definition) is 2. The van der Waals surface area contributed by atoms with E-state index in [1.807, 2.05) is 39.1 Å². The van der Waals surface area contributed by atoms with Gasteiger partial charge in [0.05, 0.1) is 0 Å². The topological polar surface area (TPSA) is 88.9 Å². The quantitative estimate of drug-likeness (QED) is 0.679. The van der Waals surface area contributed by atoms with Gasteiger partial charge in [0.2, 0.25) is 5.91 Å². The molecule has 1 atom stereocenters. The van der Waals surface area contributed by atoms with Gasteiger partial charge >= 0.3 is 0 Å². The van der Waals surface area contributed by atoms with E-state index in [1.165, 1.54) is 18.3 Å². The minimum atomic E-state index is -0.460. The molecule has 1 unspecified atom stereocenters. The van der Waals surface area contributed by atoms with Crippen LogP contribution in [-0.2, 0) is 16.6 Å². The van der Waals surface area contributed by atoms with E-state index < -0.39 is 5.92 Å². The van der Waals surface area contributed by atoms with Gasteiger partial charge in [0, 0.05) is 42.4 Å². The van der Waals surface area contributed by atoms with E-state index in [0.717, 1.165) is 17.0 Å². The summed E-state index contributed by atoms with van der Waals surface area (Å²) in [5.74, 6) is -0.00151. The molecule has 0 fully saturated rings. The Bertz CT molecular complexity index is 1180. The summed E-state index contributed by atoms with van der Waals surface area (Å²) in [5, 5.41) is 9.95. The van der Waals surface area contributed by atoms with E-state index in [0.29, 0.717) is 22.6 Å². The second-order valence-corrected chi connectivity index (χ2v) is 7.57. The predicted octanol–water partition coefficient (Wildman–Crippen LogP) is 3.36. The summed E-state index contributed by atoms with van der Waals surface area (Å²) in [6.07, 6.45) is 1.54. The summed E-state index contributed by atoms with van der Waals surface area (Å²) >= 11 is 0. The number of amides is 2. The summed E-state index contributed by atoms with van der Waals surface area (Å²) in [6, 6.07) is 11.5. The van der Waals surface area contributed by atoms with Gasteiger partial charge in [-0.3, -0.25) is 14.3 Å². The summed E-state index contributed by atoms with van der Waals surface area (Å²) in [7, 11) is 1.82. The molecule has 0 radical (unpaired) electrons. The van der Waals surface area contributed by atoms with Gasteiger partial charge in [-0.2, -0.15) is 5.10 Å². The first kappa shape index (κ1) is 20.5. The normalized spacial score (nSPS) is 15.9. The van der Waals surface area contributed by atoms with Crippen molar-refractivity contribution in [1.82, 2.24) is 20.1 Å². The molecular formula is C23H22FN5O2. The molecule has 7 nitrogen and oxygen atoms in total. The molecule has 2 heterocycles. The fourth-order valence-electron chi connectivity index (χ4n) is 3.50. The van der Waals surface area contributed by atoms with E-state index >= 15 is 0 Å². The lowest BCUT2D eigenvalue weighted by Crippen LogP contribution is -2.32. The molecule has 0 spiro atoms. The van der Waals surface area contributed by atoms with Crippen molar-refractivity contribution in [2.75, 3.05) is 5.32 Å². The van der Waals surface area contributed by atoms with Crippen LogP contribution in [0.15, 0.2) is 54.2 Å². The molecule has 3 aromatic rings. The minimum absolute atomic E-state index is 0.112. The summed E-state index contributed by atoms with van der Waals surface area (Å²) in [6.45, 7) is 3.76. The van der Waals surface area contributed by atoms with E-state index in [-0.39, 0.29) is 24.1 Å². The van der Waals surface area contributed by atoms with Crippen molar-refractivity contribution in [3.8, 4) is 11.4 Å². The van der Waals surface area contributed by atoms with E-state index in [4.69, 9.17) is 0 Å². The second-order valence-electron chi connectivity index (χ2n) is 7.57. The number of nitrogens with one attached hydrogen (secondary N) is 2. The number of nitrogens with zero attached hydrogens (tertiary/aromatic N) is 3. The largest absolute Gasteiger partial charge is 0.332 e. The van der Waals surface area contributed by atoms with Crippen molar-refractivity contribution in [3.63, 3.8) is 0 Å². The van der Waals surface area contributed by atoms with Crippen LogP contribution in [0.2, 0.25) is 0 Å². The first-order chi connectivity index (χ1) is 14.8.